The molecule has 21 heavy (non-hydrogen) atoms. The molecule has 0 aliphatic rings. The summed E-state index contributed by atoms with van der Waals surface area (Å²) in [6.45, 7) is 0. The molecule has 1 aromatic heterocycles. The minimum absolute atomic E-state index is 0.135. The maximum Gasteiger partial charge on any atom is 0.418 e. The Balaban J connectivity index is 2.29. The van der Waals surface area contributed by atoms with Gasteiger partial charge in [0.15, 0.2) is 6.10 Å². The average Bonchev–Trinajstić information content (AvgIpc) is 2.85. The van der Waals surface area contributed by atoms with Crippen LogP contribution in [0.25, 0.3) is 22.2 Å². The standard InChI is InChI=1S/C16H12F3NO/c17-16(18,19)15(21)13-11-8-4-5-9-12(11)20-14(13)10-6-2-1-3-7-10/h1-9,15,20-21H/t15-/m0/s1. The van der Waals surface area contributed by atoms with Crippen LogP contribution in [0.2, 0.25) is 0 Å². The second-order valence-corrected chi connectivity index (χ2v) is 4.77. The van der Waals surface area contributed by atoms with Crippen LogP contribution in [-0.2, 0) is 0 Å². The van der Waals surface area contributed by atoms with Crippen molar-refractivity contribution in [2.75, 3.05) is 0 Å². The molecule has 2 nitrogen and oxygen atoms in total. The van der Waals surface area contributed by atoms with Crippen molar-refractivity contribution in [1.82, 2.24) is 4.98 Å². The van der Waals surface area contributed by atoms with E-state index in [1.165, 1.54) is 0 Å². The molecule has 108 valence electrons. The van der Waals surface area contributed by atoms with Gasteiger partial charge in [0.2, 0.25) is 0 Å². The summed E-state index contributed by atoms with van der Waals surface area (Å²) in [5, 5.41) is 10.1. The Hall–Kier alpha value is -2.27. The number of aromatic amines is 1. The summed E-state index contributed by atoms with van der Waals surface area (Å²) in [7, 11) is 0. The summed E-state index contributed by atoms with van der Waals surface area (Å²) < 4.78 is 38.9. The molecule has 0 aliphatic carbocycles. The van der Waals surface area contributed by atoms with E-state index in [0.717, 1.165) is 0 Å². The number of aromatic nitrogens is 1. The molecule has 0 saturated carbocycles. The average molecular weight is 291 g/mol. The van der Waals surface area contributed by atoms with Crippen LogP contribution in [0.5, 0.6) is 0 Å². The minimum Gasteiger partial charge on any atom is -0.379 e. The third-order valence-electron chi connectivity index (χ3n) is 3.39. The second-order valence-electron chi connectivity index (χ2n) is 4.77. The topological polar surface area (TPSA) is 36.0 Å². The first-order chi connectivity index (χ1) is 9.98. The number of para-hydroxylation sites is 1. The quantitative estimate of drug-likeness (QED) is 0.720. The predicted octanol–water partition coefficient (Wildman–Crippen LogP) is 4.43. The van der Waals surface area contributed by atoms with Crippen LogP contribution in [0.3, 0.4) is 0 Å². The third-order valence-corrected chi connectivity index (χ3v) is 3.39. The van der Waals surface area contributed by atoms with Gasteiger partial charge in [0.1, 0.15) is 0 Å². The summed E-state index contributed by atoms with van der Waals surface area (Å²) in [4.78, 5) is 2.97. The van der Waals surface area contributed by atoms with E-state index in [1.54, 1.807) is 54.6 Å². The van der Waals surface area contributed by atoms with E-state index in [9.17, 15) is 18.3 Å². The largest absolute Gasteiger partial charge is 0.418 e. The van der Waals surface area contributed by atoms with Crippen molar-refractivity contribution < 1.29 is 18.3 Å². The van der Waals surface area contributed by atoms with Gasteiger partial charge in [0, 0.05) is 16.5 Å². The minimum atomic E-state index is -4.71. The number of hydrogen-bond acceptors (Lipinski definition) is 1. The van der Waals surface area contributed by atoms with E-state index in [4.69, 9.17) is 0 Å². The molecule has 1 heterocycles. The molecule has 1 atom stereocenters. The van der Waals surface area contributed by atoms with E-state index in [2.05, 4.69) is 4.98 Å². The molecular formula is C16H12F3NO. The normalized spacial score (nSPS) is 13.5. The highest BCUT2D eigenvalue weighted by molar-refractivity contribution is 5.91. The fourth-order valence-corrected chi connectivity index (χ4v) is 2.44. The van der Waals surface area contributed by atoms with Crippen molar-refractivity contribution in [2.45, 2.75) is 12.3 Å². The molecule has 3 rings (SSSR count). The molecule has 0 amide bonds. The Morgan fingerprint density at radius 2 is 1.52 bits per heavy atom. The third kappa shape index (κ3) is 2.40. The van der Waals surface area contributed by atoms with Crippen molar-refractivity contribution in [3.05, 3.63) is 60.2 Å². The number of aliphatic hydroxyl groups is 1. The fraction of sp³-hybridized carbons (Fsp3) is 0.125. The smallest absolute Gasteiger partial charge is 0.379 e. The van der Waals surface area contributed by atoms with Crippen LogP contribution in [0.4, 0.5) is 13.2 Å². The lowest BCUT2D eigenvalue weighted by Crippen LogP contribution is -2.20. The van der Waals surface area contributed by atoms with Crippen molar-refractivity contribution in [2.24, 2.45) is 0 Å². The van der Waals surface area contributed by atoms with Gasteiger partial charge in [-0.05, 0) is 11.6 Å². The van der Waals surface area contributed by atoms with Crippen LogP contribution >= 0.6 is 0 Å². The van der Waals surface area contributed by atoms with E-state index in [0.29, 0.717) is 22.2 Å². The predicted molar refractivity (Wildman–Crippen MR) is 74.7 cm³/mol. The van der Waals surface area contributed by atoms with Gasteiger partial charge in [0.05, 0.1) is 5.69 Å². The molecule has 2 N–H and O–H groups in total. The lowest BCUT2D eigenvalue weighted by atomic mass is 10.0. The first-order valence-electron chi connectivity index (χ1n) is 6.39. The number of H-pyrrole nitrogens is 1. The lowest BCUT2D eigenvalue weighted by molar-refractivity contribution is -0.206. The number of benzene rings is 2. The van der Waals surface area contributed by atoms with Crippen LogP contribution in [0.15, 0.2) is 54.6 Å². The number of aliphatic hydroxyl groups excluding tert-OH is 1. The monoisotopic (exact) mass is 291 g/mol. The Labute approximate surface area is 118 Å². The molecule has 0 fully saturated rings. The van der Waals surface area contributed by atoms with Gasteiger partial charge in [-0.25, -0.2) is 0 Å². The first kappa shape index (κ1) is 13.7. The molecule has 0 spiro atoms. The van der Waals surface area contributed by atoms with E-state index in [1.807, 2.05) is 0 Å². The molecule has 5 heteroatoms. The van der Waals surface area contributed by atoms with Gasteiger partial charge in [-0.15, -0.1) is 0 Å². The van der Waals surface area contributed by atoms with E-state index >= 15 is 0 Å². The maximum absolute atomic E-state index is 13.0. The lowest BCUT2D eigenvalue weighted by Gasteiger charge is -2.16. The number of hydrogen-bond donors (Lipinski definition) is 2. The zero-order valence-corrected chi connectivity index (χ0v) is 10.9. The zero-order chi connectivity index (χ0) is 15.0. The van der Waals surface area contributed by atoms with Gasteiger partial charge < -0.3 is 10.1 Å². The van der Waals surface area contributed by atoms with Crippen LogP contribution in [0.1, 0.15) is 11.7 Å². The Bertz CT molecular complexity index is 762. The molecule has 0 radical (unpaired) electrons. The highest BCUT2D eigenvalue weighted by Gasteiger charge is 2.42. The Kier molecular flexibility index (Phi) is 3.22. The number of fused-ring (bicyclic) bond motifs is 1. The van der Waals surface area contributed by atoms with Gasteiger partial charge in [-0.1, -0.05) is 48.5 Å². The zero-order valence-electron chi connectivity index (χ0n) is 10.9. The molecule has 0 unspecified atom stereocenters. The molecule has 0 bridgehead atoms. The molecule has 2 aromatic carbocycles. The van der Waals surface area contributed by atoms with Crippen molar-refractivity contribution in [3.8, 4) is 11.3 Å². The highest BCUT2D eigenvalue weighted by Crippen LogP contribution is 2.41. The summed E-state index contributed by atoms with van der Waals surface area (Å²) in [5.41, 5.74) is 1.33. The Morgan fingerprint density at radius 3 is 2.19 bits per heavy atom. The SMILES string of the molecule is O[C@@H](c1c(-c2ccccc2)[nH]c2ccccc12)C(F)(F)F. The highest BCUT2D eigenvalue weighted by atomic mass is 19.4. The van der Waals surface area contributed by atoms with E-state index < -0.39 is 12.3 Å². The molecule has 0 aliphatic heterocycles. The van der Waals surface area contributed by atoms with Crippen molar-refractivity contribution in [3.63, 3.8) is 0 Å². The number of halogens is 3. The summed E-state index contributed by atoms with van der Waals surface area (Å²) in [6.07, 6.45) is -7.24. The number of alkyl halides is 3. The van der Waals surface area contributed by atoms with Crippen LogP contribution in [0, 0.1) is 0 Å². The number of nitrogens with one attached hydrogen (secondary N) is 1. The van der Waals surface area contributed by atoms with Gasteiger partial charge in [-0.3, -0.25) is 0 Å². The molecular weight excluding hydrogens is 279 g/mol. The second kappa shape index (κ2) is 4.93. The van der Waals surface area contributed by atoms with Crippen LogP contribution < -0.4 is 0 Å². The maximum atomic E-state index is 13.0. The molecule has 0 saturated heterocycles. The van der Waals surface area contributed by atoms with Crippen molar-refractivity contribution in [1.29, 1.82) is 0 Å². The Morgan fingerprint density at radius 1 is 0.905 bits per heavy atom. The summed E-state index contributed by atoms with van der Waals surface area (Å²) >= 11 is 0. The fourth-order valence-electron chi connectivity index (χ4n) is 2.44. The first-order valence-corrected chi connectivity index (χ1v) is 6.39. The summed E-state index contributed by atoms with van der Waals surface area (Å²) in [5.74, 6) is 0. The van der Waals surface area contributed by atoms with Crippen LogP contribution in [-0.4, -0.2) is 16.3 Å². The number of rotatable bonds is 2. The molecule has 3 aromatic rings. The van der Waals surface area contributed by atoms with E-state index in [-0.39, 0.29) is 5.56 Å². The van der Waals surface area contributed by atoms with Gasteiger partial charge >= 0.3 is 6.18 Å². The summed E-state index contributed by atoms with van der Waals surface area (Å²) in [6, 6.07) is 15.3. The van der Waals surface area contributed by atoms with Gasteiger partial charge in [0.25, 0.3) is 0 Å². The van der Waals surface area contributed by atoms with Gasteiger partial charge in [-0.2, -0.15) is 13.2 Å². The van der Waals surface area contributed by atoms with Crippen molar-refractivity contribution >= 4 is 10.9 Å².